The van der Waals surface area contributed by atoms with Crippen molar-refractivity contribution in [2.45, 2.75) is 32.7 Å². The van der Waals surface area contributed by atoms with E-state index < -0.39 is 0 Å². The standard InChI is InChI=1S/C14H15Cl2N3O/c1-2-5-19-14(17-9-18-19)8-12(20)6-10-3-4-11(15)7-13(10)16/h3-4,7,9H,2,5-6,8H2,1H3. The molecule has 0 aliphatic carbocycles. The van der Waals surface area contributed by atoms with E-state index in [1.54, 1.807) is 22.9 Å². The van der Waals surface area contributed by atoms with Gasteiger partial charge in [0, 0.05) is 23.0 Å². The third-order valence-electron chi connectivity index (χ3n) is 2.89. The molecule has 20 heavy (non-hydrogen) atoms. The second-order valence-corrected chi connectivity index (χ2v) is 5.37. The van der Waals surface area contributed by atoms with E-state index in [4.69, 9.17) is 23.2 Å². The third kappa shape index (κ3) is 3.81. The van der Waals surface area contributed by atoms with E-state index >= 15 is 0 Å². The van der Waals surface area contributed by atoms with Gasteiger partial charge in [-0.15, -0.1) is 0 Å². The maximum atomic E-state index is 12.1. The van der Waals surface area contributed by atoms with Gasteiger partial charge >= 0.3 is 0 Å². The number of carbonyl (C=O) groups excluding carboxylic acids is 1. The van der Waals surface area contributed by atoms with E-state index in [0.717, 1.165) is 18.5 Å². The van der Waals surface area contributed by atoms with Crippen molar-refractivity contribution in [3.05, 3.63) is 46.0 Å². The molecule has 1 aromatic carbocycles. The number of carbonyl (C=O) groups is 1. The largest absolute Gasteiger partial charge is 0.299 e. The quantitative estimate of drug-likeness (QED) is 0.822. The minimum atomic E-state index is 0.0552. The van der Waals surface area contributed by atoms with Crippen LogP contribution >= 0.6 is 23.2 Å². The average Bonchev–Trinajstić information content (AvgIpc) is 2.81. The second kappa shape index (κ2) is 6.86. The smallest absolute Gasteiger partial charge is 0.144 e. The molecule has 0 N–H and O–H groups in total. The van der Waals surface area contributed by atoms with Crippen molar-refractivity contribution in [1.82, 2.24) is 14.8 Å². The van der Waals surface area contributed by atoms with Crippen molar-refractivity contribution in [3.63, 3.8) is 0 Å². The summed E-state index contributed by atoms with van der Waals surface area (Å²) >= 11 is 11.9. The minimum absolute atomic E-state index is 0.0552. The zero-order valence-electron chi connectivity index (χ0n) is 11.1. The Hall–Kier alpha value is -1.39. The molecule has 0 amide bonds. The Labute approximate surface area is 127 Å². The van der Waals surface area contributed by atoms with Crippen molar-refractivity contribution < 1.29 is 4.79 Å². The SMILES string of the molecule is CCCn1ncnc1CC(=O)Cc1ccc(Cl)cc1Cl. The molecule has 1 heterocycles. The lowest BCUT2D eigenvalue weighted by Crippen LogP contribution is -2.13. The molecule has 0 radical (unpaired) electrons. The van der Waals surface area contributed by atoms with E-state index in [1.807, 2.05) is 0 Å². The zero-order valence-corrected chi connectivity index (χ0v) is 12.7. The summed E-state index contributed by atoms with van der Waals surface area (Å²) in [6.07, 6.45) is 2.97. The van der Waals surface area contributed by atoms with Gasteiger partial charge in [-0.05, 0) is 24.1 Å². The predicted molar refractivity (Wildman–Crippen MR) is 79.2 cm³/mol. The monoisotopic (exact) mass is 311 g/mol. The number of hydrogen-bond donors (Lipinski definition) is 0. The second-order valence-electron chi connectivity index (χ2n) is 4.53. The van der Waals surface area contributed by atoms with Crippen molar-refractivity contribution >= 4 is 29.0 Å². The number of Topliss-reactive ketones (excluding diaryl/α,β-unsaturated/α-hetero) is 1. The maximum Gasteiger partial charge on any atom is 0.144 e. The summed E-state index contributed by atoms with van der Waals surface area (Å²) in [4.78, 5) is 16.2. The van der Waals surface area contributed by atoms with Crippen LogP contribution < -0.4 is 0 Å². The normalized spacial score (nSPS) is 10.8. The lowest BCUT2D eigenvalue weighted by molar-refractivity contribution is -0.117. The molecule has 0 aliphatic rings. The summed E-state index contributed by atoms with van der Waals surface area (Å²) in [5.41, 5.74) is 0.780. The molecule has 2 aromatic rings. The van der Waals surface area contributed by atoms with E-state index in [2.05, 4.69) is 17.0 Å². The number of ketones is 1. The number of hydrogen-bond acceptors (Lipinski definition) is 3. The molecule has 0 saturated heterocycles. The number of rotatable bonds is 6. The molecule has 0 saturated carbocycles. The fourth-order valence-corrected chi connectivity index (χ4v) is 2.42. The molecular weight excluding hydrogens is 297 g/mol. The predicted octanol–water partition coefficient (Wildman–Crippen LogP) is 3.35. The summed E-state index contributed by atoms with van der Waals surface area (Å²) in [5.74, 6) is 0.751. The maximum absolute atomic E-state index is 12.1. The van der Waals surface area contributed by atoms with Gasteiger partial charge in [0.2, 0.25) is 0 Å². The number of benzene rings is 1. The molecule has 0 spiro atoms. The summed E-state index contributed by atoms with van der Waals surface area (Å²) in [7, 11) is 0. The Morgan fingerprint density at radius 3 is 2.80 bits per heavy atom. The third-order valence-corrected chi connectivity index (χ3v) is 3.48. The van der Waals surface area contributed by atoms with Crippen LogP contribution in [0.1, 0.15) is 24.7 Å². The van der Waals surface area contributed by atoms with E-state index in [-0.39, 0.29) is 18.6 Å². The fourth-order valence-electron chi connectivity index (χ4n) is 1.94. The molecule has 0 atom stereocenters. The zero-order chi connectivity index (χ0) is 14.5. The Bertz CT molecular complexity index is 610. The molecule has 0 bridgehead atoms. The number of aryl methyl sites for hydroxylation is 1. The van der Waals surface area contributed by atoms with Crippen molar-refractivity contribution in [3.8, 4) is 0 Å². The van der Waals surface area contributed by atoms with Crippen LogP contribution in [0.25, 0.3) is 0 Å². The van der Waals surface area contributed by atoms with Gasteiger partial charge in [0.25, 0.3) is 0 Å². The van der Waals surface area contributed by atoms with Gasteiger partial charge < -0.3 is 0 Å². The Morgan fingerprint density at radius 2 is 2.10 bits per heavy atom. The van der Waals surface area contributed by atoms with Crippen LogP contribution in [0.5, 0.6) is 0 Å². The van der Waals surface area contributed by atoms with Crippen molar-refractivity contribution in [2.75, 3.05) is 0 Å². The Balaban J connectivity index is 2.03. The topological polar surface area (TPSA) is 47.8 Å². The van der Waals surface area contributed by atoms with Crippen LogP contribution in [0.3, 0.4) is 0 Å². The lowest BCUT2D eigenvalue weighted by atomic mass is 10.1. The molecule has 4 nitrogen and oxygen atoms in total. The molecule has 0 aliphatic heterocycles. The first kappa shape index (κ1) is 15.0. The molecule has 6 heteroatoms. The summed E-state index contributed by atoms with van der Waals surface area (Å²) < 4.78 is 1.77. The molecular formula is C14H15Cl2N3O. The highest BCUT2D eigenvalue weighted by Gasteiger charge is 2.12. The highest BCUT2D eigenvalue weighted by molar-refractivity contribution is 6.35. The van der Waals surface area contributed by atoms with Crippen LogP contribution in [0.2, 0.25) is 10.0 Å². The highest BCUT2D eigenvalue weighted by Crippen LogP contribution is 2.21. The first-order chi connectivity index (χ1) is 9.60. The van der Waals surface area contributed by atoms with E-state index in [1.165, 1.54) is 6.33 Å². The molecule has 2 rings (SSSR count). The molecule has 106 valence electrons. The van der Waals surface area contributed by atoms with Gasteiger partial charge in [0.05, 0.1) is 6.42 Å². The first-order valence-corrected chi connectivity index (χ1v) is 7.18. The average molecular weight is 312 g/mol. The highest BCUT2D eigenvalue weighted by atomic mass is 35.5. The van der Waals surface area contributed by atoms with Crippen LogP contribution in [0.4, 0.5) is 0 Å². The van der Waals surface area contributed by atoms with Gasteiger partial charge in [0.1, 0.15) is 17.9 Å². The molecule has 1 aromatic heterocycles. The van der Waals surface area contributed by atoms with Gasteiger partial charge in [-0.2, -0.15) is 5.10 Å². The van der Waals surface area contributed by atoms with Crippen LogP contribution in [-0.4, -0.2) is 20.5 Å². The Morgan fingerprint density at radius 1 is 1.30 bits per heavy atom. The fraction of sp³-hybridized carbons (Fsp3) is 0.357. The van der Waals surface area contributed by atoms with Gasteiger partial charge in [-0.3, -0.25) is 4.79 Å². The first-order valence-electron chi connectivity index (χ1n) is 6.42. The van der Waals surface area contributed by atoms with Crippen molar-refractivity contribution in [2.24, 2.45) is 0 Å². The van der Waals surface area contributed by atoms with E-state index in [0.29, 0.717) is 15.9 Å². The molecule has 0 unspecified atom stereocenters. The minimum Gasteiger partial charge on any atom is -0.299 e. The molecule has 0 fully saturated rings. The summed E-state index contributed by atoms with van der Waals surface area (Å²) in [6.45, 7) is 2.82. The van der Waals surface area contributed by atoms with Gasteiger partial charge in [-0.1, -0.05) is 36.2 Å². The van der Waals surface area contributed by atoms with Crippen LogP contribution in [0, 0.1) is 0 Å². The summed E-state index contributed by atoms with van der Waals surface area (Å²) in [6, 6.07) is 5.15. The van der Waals surface area contributed by atoms with Gasteiger partial charge in [-0.25, -0.2) is 9.67 Å². The number of halogens is 2. The Kier molecular flexibility index (Phi) is 5.15. The van der Waals surface area contributed by atoms with Crippen molar-refractivity contribution in [1.29, 1.82) is 0 Å². The number of nitrogens with zero attached hydrogens (tertiary/aromatic N) is 3. The lowest BCUT2D eigenvalue weighted by Gasteiger charge is -2.06. The van der Waals surface area contributed by atoms with Crippen LogP contribution in [0.15, 0.2) is 24.5 Å². The van der Waals surface area contributed by atoms with Gasteiger partial charge in [0.15, 0.2) is 0 Å². The van der Waals surface area contributed by atoms with Crippen LogP contribution in [-0.2, 0) is 24.2 Å². The summed E-state index contributed by atoms with van der Waals surface area (Å²) in [5, 5.41) is 5.18. The number of aromatic nitrogens is 3. The van der Waals surface area contributed by atoms with E-state index in [9.17, 15) is 4.79 Å².